The van der Waals surface area contributed by atoms with Crippen LogP contribution in [0, 0.1) is 12.7 Å². The molecule has 1 amide bonds. The molecule has 3 rings (SSSR count). The van der Waals surface area contributed by atoms with Gasteiger partial charge >= 0.3 is 0 Å². The number of rotatable bonds is 3. The summed E-state index contributed by atoms with van der Waals surface area (Å²) in [6.07, 6.45) is 2.41. The Morgan fingerprint density at radius 3 is 3.05 bits per heavy atom. The van der Waals surface area contributed by atoms with E-state index in [4.69, 9.17) is 4.42 Å². The third kappa shape index (κ3) is 2.29. The summed E-state index contributed by atoms with van der Waals surface area (Å²) in [5, 5.41) is 9.96. The molecule has 0 spiro atoms. The predicted octanol–water partition coefficient (Wildman–Crippen LogP) is 3.42. The van der Waals surface area contributed by atoms with Gasteiger partial charge in [0.2, 0.25) is 0 Å². The first-order valence-electron chi connectivity index (χ1n) is 6.62. The summed E-state index contributed by atoms with van der Waals surface area (Å²) in [7, 11) is 0. The van der Waals surface area contributed by atoms with Gasteiger partial charge in [-0.1, -0.05) is 6.92 Å². The highest BCUT2D eigenvalue weighted by Crippen LogP contribution is 2.26. The van der Waals surface area contributed by atoms with E-state index >= 15 is 0 Å². The monoisotopic (exact) mass is 287 g/mol. The van der Waals surface area contributed by atoms with Gasteiger partial charge in [0.15, 0.2) is 5.76 Å². The van der Waals surface area contributed by atoms with Gasteiger partial charge in [0.05, 0.1) is 6.20 Å². The molecule has 5 nitrogen and oxygen atoms in total. The molecule has 0 unspecified atom stereocenters. The molecular formula is C15H14FN3O2. The van der Waals surface area contributed by atoms with Crippen LogP contribution in [0.25, 0.3) is 11.0 Å². The maximum absolute atomic E-state index is 13.3. The van der Waals surface area contributed by atoms with E-state index in [0.29, 0.717) is 22.4 Å². The highest BCUT2D eigenvalue weighted by atomic mass is 19.1. The lowest BCUT2D eigenvalue weighted by Crippen LogP contribution is -2.13. The minimum Gasteiger partial charge on any atom is -0.451 e. The molecule has 2 N–H and O–H groups in total. The summed E-state index contributed by atoms with van der Waals surface area (Å²) in [6, 6.07) is 4.18. The molecule has 21 heavy (non-hydrogen) atoms. The largest absolute Gasteiger partial charge is 0.451 e. The van der Waals surface area contributed by atoms with Gasteiger partial charge in [-0.05, 0) is 31.5 Å². The third-order valence-electron chi connectivity index (χ3n) is 3.44. The van der Waals surface area contributed by atoms with Crippen molar-refractivity contribution in [1.82, 2.24) is 10.2 Å². The molecule has 6 heteroatoms. The molecule has 0 aliphatic rings. The Hall–Kier alpha value is -2.63. The van der Waals surface area contributed by atoms with E-state index in [9.17, 15) is 9.18 Å². The van der Waals surface area contributed by atoms with Gasteiger partial charge in [0.25, 0.3) is 5.91 Å². The minimum absolute atomic E-state index is 0.173. The molecule has 0 fully saturated rings. The quantitative estimate of drug-likeness (QED) is 0.775. The second kappa shape index (κ2) is 5.05. The molecule has 0 aliphatic carbocycles. The van der Waals surface area contributed by atoms with E-state index in [0.717, 1.165) is 12.0 Å². The fourth-order valence-corrected chi connectivity index (χ4v) is 2.27. The highest BCUT2D eigenvalue weighted by molar-refractivity contribution is 6.06. The number of halogens is 1. The molecule has 108 valence electrons. The van der Waals surface area contributed by atoms with E-state index in [2.05, 4.69) is 15.5 Å². The molecule has 0 saturated heterocycles. The van der Waals surface area contributed by atoms with Crippen LogP contribution in [0.15, 0.2) is 28.8 Å². The first-order chi connectivity index (χ1) is 10.1. The number of furan rings is 1. The Morgan fingerprint density at radius 2 is 2.29 bits per heavy atom. The fraction of sp³-hybridized carbons (Fsp3) is 0.200. The SMILES string of the molecule is CCc1cn[nH]c1NC(=O)c1oc2ccc(F)cc2c1C. The van der Waals surface area contributed by atoms with Crippen LogP contribution in [-0.2, 0) is 6.42 Å². The number of H-pyrrole nitrogens is 1. The van der Waals surface area contributed by atoms with Gasteiger partial charge in [0, 0.05) is 16.5 Å². The van der Waals surface area contributed by atoms with Crippen LogP contribution in [0.2, 0.25) is 0 Å². The number of aromatic amines is 1. The van der Waals surface area contributed by atoms with Gasteiger partial charge in [-0.3, -0.25) is 9.89 Å². The van der Waals surface area contributed by atoms with Gasteiger partial charge in [-0.2, -0.15) is 5.10 Å². The summed E-state index contributed by atoms with van der Waals surface area (Å²) in [6.45, 7) is 3.70. The minimum atomic E-state index is -0.386. The van der Waals surface area contributed by atoms with Crippen LogP contribution in [0.1, 0.15) is 28.6 Å². The van der Waals surface area contributed by atoms with Crippen LogP contribution in [0.5, 0.6) is 0 Å². The van der Waals surface area contributed by atoms with E-state index in [-0.39, 0.29) is 17.5 Å². The molecule has 0 bridgehead atoms. The van der Waals surface area contributed by atoms with Crippen molar-refractivity contribution in [3.8, 4) is 0 Å². The summed E-state index contributed by atoms with van der Waals surface area (Å²) in [5.41, 5.74) is 2.00. The number of hydrogen-bond donors (Lipinski definition) is 2. The van der Waals surface area contributed by atoms with Gasteiger partial charge in [-0.15, -0.1) is 0 Å². The summed E-state index contributed by atoms with van der Waals surface area (Å²) >= 11 is 0. The maximum Gasteiger partial charge on any atom is 0.292 e. The van der Waals surface area contributed by atoms with Gasteiger partial charge in [0.1, 0.15) is 17.2 Å². The standard InChI is InChI=1S/C15H14FN3O2/c1-3-9-7-17-19-14(9)18-15(20)13-8(2)11-6-10(16)4-5-12(11)21-13/h4-7H,3H2,1-2H3,(H2,17,18,19,20). The van der Waals surface area contributed by atoms with Crippen LogP contribution < -0.4 is 5.32 Å². The van der Waals surface area contributed by atoms with Crippen molar-refractivity contribution in [3.63, 3.8) is 0 Å². The Kier molecular flexibility index (Phi) is 3.21. The number of carbonyl (C=O) groups is 1. The van der Waals surface area contributed by atoms with E-state index < -0.39 is 0 Å². The number of carbonyl (C=O) groups excluding carboxylic acids is 1. The average molecular weight is 287 g/mol. The normalized spacial score (nSPS) is 11.0. The molecule has 0 aliphatic heterocycles. The lowest BCUT2D eigenvalue weighted by atomic mass is 10.1. The molecule has 1 aromatic carbocycles. The number of amides is 1. The number of nitrogens with one attached hydrogen (secondary N) is 2. The molecule has 2 heterocycles. The maximum atomic E-state index is 13.3. The first-order valence-corrected chi connectivity index (χ1v) is 6.62. The Balaban J connectivity index is 1.96. The number of benzene rings is 1. The molecule has 0 atom stereocenters. The molecular weight excluding hydrogens is 273 g/mol. The van der Waals surface area contributed by atoms with Gasteiger partial charge in [-0.25, -0.2) is 4.39 Å². The summed E-state index contributed by atoms with van der Waals surface area (Å²) < 4.78 is 18.8. The number of nitrogens with zero attached hydrogens (tertiary/aromatic N) is 1. The van der Waals surface area contributed by atoms with Crippen LogP contribution in [0.4, 0.5) is 10.2 Å². The van der Waals surface area contributed by atoms with E-state index in [1.165, 1.54) is 18.2 Å². The Bertz CT molecular complexity index is 820. The topological polar surface area (TPSA) is 70.9 Å². The molecule has 2 aromatic heterocycles. The lowest BCUT2D eigenvalue weighted by molar-refractivity contribution is 0.0997. The predicted molar refractivity (Wildman–Crippen MR) is 76.8 cm³/mol. The Morgan fingerprint density at radius 1 is 1.48 bits per heavy atom. The molecule has 0 radical (unpaired) electrons. The van der Waals surface area contributed by atoms with Crippen LogP contribution >= 0.6 is 0 Å². The zero-order valence-corrected chi connectivity index (χ0v) is 11.7. The van der Waals surface area contributed by atoms with Crippen molar-refractivity contribution >= 4 is 22.7 Å². The number of fused-ring (bicyclic) bond motifs is 1. The molecule has 0 saturated carbocycles. The van der Waals surface area contributed by atoms with Crippen molar-refractivity contribution in [3.05, 3.63) is 47.1 Å². The van der Waals surface area contributed by atoms with Gasteiger partial charge < -0.3 is 9.73 Å². The number of hydrogen-bond acceptors (Lipinski definition) is 3. The van der Waals surface area contributed by atoms with Crippen molar-refractivity contribution in [2.24, 2.45) is 0 Å². The zero-order valence-electron chi connectivity index (χ0n) is 11.7. The smallest absolute Gasteiger partial charge is 0.292 e. The summed E-state index contributed by atoms with van der Waals surface area (Å²) in [4.78, 5) is 12.3. The second-order valence-corrected chi connectivity index (χ2v) is 4.77. The average Bonchev–Trinajstić information content (AvgIpc) is 3.04. The number of aryl methyl sites for hydroxylation is 2. The lowest BCUT2D eigenvalue weighted by Gasteiger charge is -2.03. The molecule has 3 aromatic rings. The van der Waals surface area contributed by atoms with Crippen molar-refractivity contribution in [2.75, 3.05) is 5.32 Å². The van der Waals surface area contributed by atoms with E-state index in [1.54, 1.807) is 13.1 Å². The van der Waals surface area contributed by atoms with Crippen molar-refractivity contribution in [2.45, 2.75) is 20.3 Å². The summed E-state index contributed by atoms with van der Waals surface area (Å²) in [5.74, 6) is -0.0240. The zero-order chi connectivity index (χ0) is 15.0. The third-order valence-corrected chi connectivity index (χ3v) is 3.44. The first kappa shape index (κ1) is 13.4. The van der Waals surface area contributed by atoms with Crippen molar-refractivity contribution < 1.29 is 13.6 Å². The van der Waals surface area contributed by atoms with Crippen LogP contribution in [-0.4, -0.2) is 16.1 Å². The highest BCUT2D eigenvalue weighted by Gasteiger charge is 2.19. The van der Waals surface area contributed by atoms with Crippen LogP contribution in [0.3, 0.4) is 0 Å². The van der Waals surface area contributed by atoms with E-state index in [1.807, 2.05) is 6.92 Å². The Labute approximate surface area is 120 Å². The number of aromatic nitrogens is 2. The fourth-order valence-electron chi connectivity index (χ4n) is 2.27. The second-order valence-electron chi connectivity index (χ2n) is 4.77. The number of anilines is 1. The van der Waals surface area contributed by atoms with Crippen molar-refractivity contribution in [1.29, 1.82) is 0 Å².